The second-order valence-corrected chi connectivity index (χ2v) is 0.346. The van der Waals surface area contributed by atoms with Crippen molar-refractivity contribution in [3.05, 3.63) is 0 Å². The summed E-state index contributed by atoms with van der Waals surface area (Å²) in [5.74, 6) is 0. The van der Waals surface area contributed by atoms with E-state index in [4.69, 9.17) is 15.1 Å². The molecule has 0 aromatic heterocycles. The molecule has 6 heteroatoms. The zero-order valence-corrected chi connectivity index (χ0v) is 5.58. The minimum atomic E-state index is -2.17. The number of hydrogen-bond donors (Lipinski definition) is 3. The molecule has 0 spiro atoms. The summed E-state index contributed by atoms with van der Waals surface area (Å²) in [5.41, 5.74) is 0. The Morgan fingerprint density at radius 2 is 1.00 bits per heavy atom. The van der Waals surface area contributed by atoms with Crippen molar-refractivity contribution < 1.29 is 53.2 Å². The average Bonchev–Trinajstić information content (AvgIpc) is 0.811. The van der Waals surface area contributed by atoms with Gasteiger partial charge >= 0.3 is 7.32 Å². The van der Waals surface area contributed by atoms with Crippen molar-refractivity contribution in [1.29, 1.82) is 0 Å². The van der Waals surface area contributed by atoms with Crippen LogP contribution in [0.25, 0.3) is 0 Å². The van der Waals surface area contributed by atoms with Crippen molar-refractivity contribution in [2.24, 2.45) is 0 Å². The Morgan fingerprint density at radius 1 is 1.00 bits per heavy atom. The molecule has 0 heterocycles. The Hall–Kier alpha value is 1.15. The topological polar surface area (TPSA) is 60.7 Å². The van der Waals surface area contributed by atoms with Gasteiger partial charge in [-0.15, -0.1) is 0 Å². The molecule has 0 saturated carbocycles. The van der Waals surface area contributed by atoms with Gasteiger partial charge in [-0.05, 0) is 0 Å². The maximum Gasteiger partial charge on any atom is 0.631 e. The fraction of sp³-hybridized carbons (Fsp3) is 0. The van der Waals surface area contributed by atoms with Gasteiger partial charge < -0.3 is 15.1 Å². The minimum absolute atomic E-state index is 0. The third-order valence-corrected chi connectivity index (χ3v) is 0. The van der Waals surface area contributed by atoms with Crippen molar-refractivity contribution >= 4 is 7.32 Å². The van der Waals surface area contributed by atoms with Gasteiger partial charge in [-0.2, -0.15) is 0 Å². The monoisotopic (exact) mass is 223 g/mol. The molecule has 0 aromatic carbocycles. The van der Waals surface area contributed by atoms with E-state index < -0.39 is 7.32 Å². The molecular weight excluding hydrogens is 218 g/mol. The van der Waals surface area contributed by atoms with Crippen LogP contribution in [0.5, 0.6) is 0 Å². The molecule has 3 N–H and O–H groups in total. The molecule has 0 aliphatic carbocycles. The van der Waals surface area contributed by atoms with E-state index in [9.17, 15) is 0 Å². The van der Waals surface area contributed by atoms with Gasteiger partial charge in [0.05, 0.1) is 0 Å². The van der Waals surface area contributed by atoms with Gasteiger partial charge in [0.1, 0.15) is 0 Å². The quantitative estimate of drug-likeness (QED) is 0.412. The zero-order chi connectivity index (χ0) is 3.58. The van der Waals surface area contributed by atoms with Crippen LogP contribution in [0.15, 0.2) is 0 Å². The Balaban J connectivity index is -0.0000000450. The summed E-state index contributed by atoms with van der Waals surface area (Å²) in [6, 6.07) is 0. The van der Waals surface area contributed by atoms with Gasteiger partial charge in [0.15, 0.2) is 0 Å². The molecule has 3 nitrogen and oxygen atoms in total. The minimum Gasteiger partial charge on any atom is -0.402 e. The smallest absolute Gasteiger partial charge is 0.402 e. The molecule has 0 unspecified atom stereocenters. The standard InChI is InChI=1S/BH3O3.Cu.Mo/c2-1(3)4;;/h2-4H;;. The summed E-state index contributed by atoms with van der Waals surface area (Å²) in [4.78, 5) is 0. The molecular formula is H3BCuMoO3. The van der Waals surface area contributed by atoms with Gasteiger partial charge in [-0.3, -0.25) is 0 Å². The van der Waals surface area contributed by atoms with Gasteiger partial charge in [0.25, 0.3) is 0 Å². The van der Waals surface area contributed by atoms with E-state index in [1.807, 2.05) is 0 Å². The first-order valence-corrected chi connectivity index (χ1v) is 0.775. The summed E-state index contributed by atoms with van der Waals surface area (Å²) < 4.78 is 0. The van der Waals surface area contributed by atoms with E-state index in [1.54, 1.807) is 0 Å². The summed E-state index contributed by atoms with van der Waals surface area (Å²) >= 11 is 0. The van der Waals surface area contributed by atoms with E-state index in [-0.39, 0.29) is 38.1 Å². The maximum atomic E-state index is 7.17. The molecule has 0 bridgehead atoms. The molecule has 0 aliphatic heterocycles. The average molecular weight is 221 g/mol. The summed E-state index contributed by atoms with van der Waals surface area (Å²) in [5, 5.41) is 21.5. The Bertz CT molecular complexity index is 15.5. The van der Waals surface area contributed by atoms with Crippen LogP contribution < -0.4 is 0 Å². The van der Waals surface area contributed by atoms with E-state index in [0.717, 1.165) is 0 Å². The molecule has 0 aromatic rings. The first kappa shape index (κ1) is 15.7. The van der Waals surface area contributed by atoms with E-state index in [0.29, 0.717) is 0 Å². The third kappa shape index (κ3) is 66.9. The second kappa shape index (κ2) is 9.47. The predicted molar refractivity (Wildman–Crippen MR) is 12.4 cm³/mol. The first-order chi connectivity index (χ1) is 1.73. The van der Waals surface area contributed by atoms with E-state index in [2.05, 4.69) is 0 Å². The van der Waals surface area contributed by atoms with Crippen molar-refractivity contribution in [1.82, 2.24) is 0 Å². The Labute approximate surface area is 60.7 Å². The van der Waals surface area contributed by atoms with Crippen LogP contribution in [-0.2, 0) is 38.1 Å². The molecule has 0 fully saturated rings. The first-order valence-electron chi connectivity index (χ1n) is 0.775. The summed E-state index contributed by atoms with van der Waals surface area (Å²) in [7, 11) is -2.17. The molecule has 6 heavy (non-hydrogen) atoms. The largest absolute Gasteiger partial charge is 0.631 e. The zero-order valence-electron chi connectivity index (χ0n) is 2.63. The van der Waals surface area contributed by atoms with Crippen LogP contribution in [0.2, 0.25) is 0 Å². The fourth-order valence-electron chi connectivity index (χ4n) is 0. The van der Waals surface area contributed by atoms with Crippen molar-refractivity contribution in [3.8, 4) is 0 Å². The molecule has 0 aliphatic rings. The van der Waals surface area contributed by atoms with Crippen LogP contribution in [0.4, 0.5) is 0 Å². The number of rotatable bonds is 0. The van der Waals surface area contributed by atoms with Gasteiger partial charge in [-0.1, -0.05) is 0 Å². The van der Waals surface area contributed by atoms with Crippen LogP contribution in [0, 0.1) is 0 Å². The van der Waals surface area contributed by atoms with Crippen LogP contribution in [0.3, 0.4) is 0 Å². The fourth-order valence-corrected chi connectivity index (χ4v) is 0. The van der Waals surface area contributed by atoms with Crippen LogP contribution >= 0.6 is 0 Å². The van der Waals surface area contributed by atoms with Gasteiger partial charge in [0.2, 0.25) is 0 Å². The SMILES string of the molecule is OB(O)O.[Cu].[Mo]. The molecule has 0 saturated heterocycles. The van der Waals surface area contributed by atoms with E-state index >= 15 is 0 Å². The second-order valence-electron chi connectivity index (χ2n) is 0.346. The van der Waals surface area contributed by atoms with Crippen LogP contribution in [0.1, 0.15) is 0 Å². The van der Waals surface area contributed by atoms with Crippen molar-refractivity contribution in [2.75, 3.05) is 0 Å². The Kier molecular flexibility index (Phi) is 24.8. The normalized spacial score (nSPS) is 4.50. The summed E-state index contributed by atoms with van der Waals surface area (Å²) in [6.45, 7) is 0. The third-order valence-electron chi connectivity index (χ3n) is 0. The van der Waals surface area contributed by atoms with Crippen LogP contribution in [-0.4, -0.2) is 22.4 Å². The molecule has 0 rings (SSSR count). The maximum absolute atomic E-state index is 7.17. The van der Waals surface area contributed by atoms with Gasteiger partial charge in [-0.25, -0.2) is 0 Å². The molecule has 1 radical (unpaired) electrons. The summed E-state index contributed by atoms with van der Waals surface area (Å²) in [6.07, 6.45) is 0. The van der Waals surface area contributed by atoms with Crippen molar-refractivity contribution in [2.45, 2.75) is 0 Å². The van der Waals surface area contributed by atoms with Gasteiger partial charge in [0, 0.05) is 38.1 Å². The van der Waals surface area contributed by atoms with Crippen molar-refractivity contribution in [3.63, 3.8) is 0 Å². The number of hydrogen-bond acceptors (Lipinski definition) is 3. The Morgan fingerprint density at radius 3 is 1.00 bits per heavy atom. The predicted octanol–water partition coefficient (Wildman–Crippen LogP) is -2.06. The molecule has 41 valence electrons. The van der Waals surface area contributed by atoms with E-state index in [1.165, 1.54) is 0 Å². The molecule has 0 atom stereocenters. The molecule has 0 amide bonds.